The average Bonchev–Trinajstić information content (AvgIpc) is 2.71. The number of piperidine rings is 1. The standard InChI is InChI=1S/C23H24N2O/c26-23(22-9-5-2-6-10-22)11-13-25(14-12-23)18-19-15-21(17-24-16-19)20-7-3-1-4-8-20/h1-10,15-17,26H,11-14,18H2. The zero-order valence-electron chi connectivity index (χ0n) is 14.9. The van der Waals surface area contributed by atoms with Gasteiger partial charge >= 0.3 is 0 Å². The molecule has 4 rings (SSSR count). The first-order valence-corrected chi connectivity index (χ1v) is 9.23. The van der Waals surface area contributed by atoms with Gasteiger partial charge in [0.1, 0.15) is 0 Å². The smallest absolute Gasteiger partial charge is 0.0920 e. The lowest BCUT2D eigenvalue weighted by Gasteiger charge is -2.38. The number of hydrogen-bond acceptors (Lipinski definition) is 3. The van der Waals surface area contributed by atoms with E-state index in [0.29, 0.717) is 0 Å². The van der Waals surface area contributed by atoms with Crippen molar-refractivity contribution < 1.29 is 5.11 Å². The molecule has 0 saturated carbocycles. The van der Waals surface area contributed by atoms with Gasteiger partial charge in [0, 0.05) is 37.6 Å². The van der Waals surface area contributed by atoms with Crippen molar-refractivity contribution in [2.75, 3.05) is 13.1 Å². The van der Waals surface area contributed by atoms with E-state index in [9.17, 15) is 5.11 Å². The minimum atomic E-state index is -0.693. The minimum Gasteiger partial charge on any atom is -0.385 e. The molecule has 0 amide bonds. The molecule has 1 fully saturated rings. The van der Waals surface area contributed by atoms with Gasteiger partial charge < -0.3 is 5.11 Å². The molecular formula is C23H24N2O. The fraction of sp³-hybridized carbons (Fsp3) is 0.261. The molecule has 1 saturated heterocycles. The summed E-state index contributed by atoms with van der Waals surface area (Å²) in [4.78, 5) is 6.83. The van der Waals surface area contributed by atoms with E-state index in [4.69, 9.17) is 0 Å². The summed E-state index contributed by atoms with van der Waals surface area (Å²) in [5.74, 6) is 0. The molecule has 1 aliphatic heterocycles. The van der Waals surface area contributed by atoms with Crippen LogP contribution in [-0.4, -0.2) is 28.1 Å². The first-order chi connectivity index (χ1) is 12.7. The molecule has 1 aromatic heterocycles. The molecule has 2 aromatic carbocycles. The number of aliphatic hydroxyl groups is 1. The van der Waals surface area contributed by atoms with Crippen LogP contribution < -0.4 is 0 Å². The number of nitrogens with zero attached hydrogens (tertiary/aromatic N) is 2. The minimum absolute atomic E-state index is 0.693. The number of hydrogen-bond donors (Lipinski definition) is 1. The van der Waals surface area contributed by atoms with Crippen LogP contribution in [0.1, 0.15) is 24.0 Å². The van der Waals surface area contributed by atoms with Crippen LogP contribution in [0.15, 0.2) is 79.1 Å². The Morgan fingerprint density at radius 1 is 0.846 bits per heavy atom. The molecule has 132 valence electrons. The van der Waals surface area contributed by atoms with Gasteiger partial charge in [-0.2, -0.15) is 0 Å². The first-order valence-electron chi connectivity index (χ1n) is 9.23. The molecule has 0 spiro atoms. The van der Waals surface area contributed by atoms with E-state index in [1.807, 2.05) is 48.8 Å². The summed E-state index contributed by atoms with van der Waals surface area (Å²) in [7, 11) is 0. The zero-order chi connectivity index (χ0) is 17.8. The van der Waals surface area contributed by atoms with E-state index < -0.39 is 5.60 Å². The lowest BCUT2D eigenvalue weighted by Crippen LogP contribution is -2.42. The van der Waals surface area contributed by atoms with E-state index in [0.717, 1.165) is 43.6 Å². The Bertz CT molecular complexity index is 840. The third-order valence-electron chi connectivity index (χ3n) is 5.30. The summed E-state index contributed by atoms with van der Waals surface area (Å²) in [6.45, 7) is 2.65. The van der Waals surface area contributed by atoms with Crippen LogP contribution in [0.4, 0.5) is 0 Å². The van der Waals surface area contributed by atoms with Gasteiger partial charge in [-0.1, -0.05) is 60.7 Å². The highest BCUT2D eigenvalue weighted by Gasteiger charge is 2.33. The predicted octanol–water partition coefficient (Wildman–Crippen LogP) is 4.23. The fourth-order valence-corrected chi connectivity index (χ4v) is 3.74. The molecular weight excluding hydrogens is 320 g/mol. The fourth-order valence-electron chi connectivity index (χ4n) is 3.74. The third kappa shape index (κ3) is 3.69. The van der Waals surface area contributed by atoms with Crippen molar-refractivity contribution >= 4 is 0 Å². The lowest BCUT2D eigenvalue weighted by atomic mass is 9.84. The predicted molar refractivity (Wildman–Crippen MR) is 105 cm³/mol. The number of aromatic nitrogens is 1. The molecule has 1 N–H and O–H groups in total. The Hall–Kier alpha value is -2.49. The van der Waals surface area contributed by atoms with Gasteiger partial charge in [-0.3, -0.25) is 9.88 Å². The average molecular weight is 344 g/mol. The normalized spacial score (nSPS) is 17.1. The zero-order valence-corrected chi connectivity index (χ0v) is 14.9. The van der Waals surface area contributed by atoms with Gasteiger partial charge in [0.05, 0.1) is 5.60 Å². The Morgan fingerprint density at radius 3 is 2.19 bits per heavy atom. The van der Waals surface area contributed by atoms with Crippen molar-refractivity contribution in [3.05, 3.63) is 90.3 Å². The maximum absolute atomic E-state index is 11.0. The highest BCUT2D eigenvalue weighted by molar-refractivity contribution is 5.62. The SMILES string of the molecule is OC1(c2ccccc2)CCN(Cc2cncc(-c3ccccc3)c2)CC1. The molecule has 0 unspecified atom stereocenters. The van der Waals surface area contributed by atoms with Crippen LogP contribution >= 0.6 is 0 Å². The Balaban J connectivity index is 1.42. The second-order valence-corrected chi connectivity index (χ2v) is 7.12. The highest BCUT2D eigenvalue weighted by Crippen LogP contribution is 2.33. The van der Waals surface area contributed by atoms with E-state index >= 15 is 0 Å². The molecule has 0 aliphatic carbocycles. The number of pyridine rings is 1. The second-order valence-electron chi connectivity index (χ2n) is 7.12. The van der Waals surface area contributed by atoms with Crippen LogP contribution in [-0.2, 0) is 12.1 Å². The molecule has 3 nitrogen and oxygen atoms in total. The van der Waals surface area contributed by atoms with Gasteiger partial charge in [0.15, 0.2) is 0 Å². The summed E-state index contributed by atoms with van der Waals surface area (Å²) < 4.78 is 0. The Kier molecular flexibility index (Phi) is 4.83. The molecule has 1 aliphatic rings. The van der Waals surface area contributed by atoms with Crippen LogP contribution in [0.25, 0.3) is 11.1 Å². The maximum atomic E-state index is 11.0. The van der Waals surface area contributed by atoms with Gasteiger partial charge in [0.2, 0.25) is 0 Å². The molecule has 0 atom stereocenters. The lowest BCUT2D eigenvalue weighted by molar-refractivity contribution is -0.0277. The van der Waals surface area contributed by atoms with Crippen molar-refractivity contribution in [1.82, 2.24) is 9.88 Å². The van der Waals surface area contributed by atoms with Gasteiger partial charge in [0.25, 0.3) is 0 Å². The number of benzene rings is 2. The summed E-state index contributed by atoms with van der Waals surface area (Å²) in [5, 5.41) is 11.0. The summed E-state index contributed by atoms with van der Waals surface area (Å²) >= 11 is 0. The second kappa shape index (κ2) is 7.40. The summed E-state index contributed by atoms with van der Waals surface area (Å²) in [5.41, 5.74) is 3.91. The molecule has 26 heavy (non-hydrogen) atoms. The maximum Gasteiger partial charge on any atom is 0.0920 e. The van der Waals surface area contributed by atoms with Gasteiger partial charge in [-0.05, 0) is 35.6 Å². The van der Waals surface area contributed by atoms with E-state index in [1.165, 1.54) is 11.1 Å². The highest BCUT2D eigenvalue weighted by atomic mass is 16.3. The molecule has 2 heterocycles. The van der Waals surface area contributed by atoms with E-state index in [2.05, 4.69) is 40.2 Å². The van der Waals surface area contributed by atoms with Crippen molar-refractivity contribution in [2.45, 2.75) is 25.0 Å². The van der Waals surface area contributed by atoms with Crippen LogP contribution in [0.5, 0.6) is 0 Å². The van der Waals surface area contributed by atoms with Gasteiger partial charge in [-0.15, -0.1) is 0 Å². The quantitative estimate of drug-likeness (QED) is 0.769. The van der Waals surface area contributed by atoms with Crippen molar-refractivity contribution in [2.24, 2.45) is 0 Å². The molecule has 3 heteroatoms. The first kappa shape index (κ1) is 17.0. The van der Waals surface area contributed by atoms with Gasteiger partial charge in [-0.25, -0.2) is 0 Å². The van der Waals surface area contributed by atoms with Crippen molar-refractivity contribution in [3.8, 4) is 11.1 Å². The largest absolute Gasteiger partial charge is 0.385 e. The topological polar surface area (TPSA) is 36.4 Å². The van der Waals surface area contributed by atoms with Crippen LogP contribution in [0, 0.1) is 0 Å². The number of likely N-dealkylation sites (tertiary alicyclic amines) is 1. The Morgan fingerprint density at radius 2 is 1.50 bits per heavy atom. The van der Waals surface area contributed by atoms with Crippen LogP contribution in [0.3, 0.4) is 0 Å². The molecule has 0 radical (unpaired) electrons. The van der Waals surface area contributed by atoms with E-state index in [-0.39, 0.29) is 0 Å². The monoisotopic (exact) mass is 344 g/mol. The Labute approximate surface area is 155 Å². The van der Waals surface area contributed by atoms with Crippen molar-refractivity contribution in [3.63, 3.8) is 0 Å². The molecule has 3 aromatic rings. The summed E-state index contributed by atoms with van der Waals surface area (Å²) in [6, 6.07) is 22.6. The van der Waals surface area contributed by atoms with E-state index in [1.54, 1.807) is 0 Å². The summed E-state index contributed by atoms with van der Waals surface area (Å²) in [6.07, 6.45) is 5.40. The third-order valence-corrected chi connectivity index (χ3v) is 5.30. The molecule has 0 bridgehead atoms. The van der Waals surface area contributed by atoms with Crippen molar-refractivity contribution in [1.29, 1.82) is 0 Å². The number of rotatable bonds is 4. The van der Waals surface area contributed by atoms with Crippen LogP contribution in [0.2, 0.25) is 0 Å².